The molecule has 2 heterocycles. The van der Waals surface area contributed by atoms with Crippen LogP contribution in [-0.4, -0.2) is 21.5 Å². The Morgan fingerprint density at radius 3 is 2.32 bits per heavy atom. The van der Waals surface area contributed by atoms with Crippen molar-refractivity contribution in [3.63, 3.8) is 0 Å². The molecule has 0 fully saturated rings. The van der Waals surface area contributed by atoms with E-state index in [2.05, 4.69) is 14.9 Å². The molecule has 4 heteroatoms. The molecule has 1 N–H and O–H groups in total. The second kappa shape index (κ2) is 6.93. The fourth-order valence-electron chi connectivity index (χ4n) is 3.55. The van der Waals surface area contributed by atoms with Crippen LogP contribution in [0.15, 0.2) is 73.1 Å². The van der Waals surface area contributed by atoms with Crippen LogP contribution >= 0.6 is 0 Å². The average molecular weight is 331 g/mol. The molecular formula is C21H21N3O. The quantitative estimate of drug-likeness (QED) is 0.798. The van der Waals surface area contributed by atoms with Crippen LogP contribution in [0.5, 0.6) is 0 Å². The number of aryl methyl sites for hydroxylation is 1. The van der Waals surface area contributed by atoms with Gasteiger partial charge in [0.15, 0.2) is 0 Å². The van der Waals surface area contributed by atoms with Crippen molar-refractivity contribution in [1.29, 1.82) is 0 Å². The highest BCUT2D eigenvalue weighted by Gasteiger charge is 2.26. The highest BCUT2D eigenvalue weighted by molar-refractivity contribution is 5.87. The fraction of sp³-hybridized carbons (Fsp3) is 0.238. The van der Waals surface area contributed by atoms with Crippen LogP contribution in [0.4, 0.5) is 0 Å². The van der Waals surface area contributed by atoms with Gasteiger partial charge in [-0.1, -0.05) is 60.7 Å². The minimum Gasteiger partial charge on any atom is -0.351 e. The first-order valence-corrected chi connectivity index (χ1v) is 8.71. The molecule has 1 amide bonds. The molecule has 1 aromatic heterocycles. The normalized spacial score (nSPS) is 16.4. The minimum atomic E-state index is -0.286. The Morgan fingerprint density at radius 1 is 1.04 bits per heavy atom. The highest BCUT2D eigenvalue weighted by Crippen LogP contribution is 2.25. The molecule has 2 aromatic carbocycles. The van der Waals surface area contributed by atoms with E-state index >= 15 is 0 Å². The predicted octanol–water partition coefficient (Wildman–Crippen LogP) is 3.15. The smallest absolute Gasteiger partial charge is 0.232 e. The number of nitrogens with zero attached hydrogens (tertiary/aromatic N) is 2. The van der Waals surface area contributed by atoms with E-state index in [4.69, 9.17) is 0 Å². The van der Waals surface area contributed by atoms with Gasteiger partial charge in [-0.05, 0) is 17.5 Å². The summed E-state index contributed by atoms with van der Waals surface area (Å²) < 4.78 is 2.13. The molecule has 0 spiro atoms. The predicted molar refractivity (Wildman–Crippen MR) is 97.2 cm³/mol. The van der Waals surface area contributed by atoms with Gasteiger partial charge in [0.25, 0.3) is 0 Å². The fourth-order valence-corrected chi connectivity index (χ4v) is 3.55. The van der Waals surface area contributed by atoms with Crippen molar-refractivity contribution in [2.75, 3.05) is 0 Å². The Balaban J connectivity index is 1.56. The summed E-state index contributed by atoms with van der Waals surface area (Å²) in [6.45, 7) is 0.789. The SMILES string of the molecule is O=C(N[C@H]1CCc2nccn2C1)C(c1ccccc1)c1ccccc1. The van der Waals surface area contributed by atoms with Crippen molar-refractivity contribution in [2.45, 2.75) is 31.3 Å². The third-order valence-electron chi connectivity index (χ3n) is 4.81. The molecule has 3 aromatic rings. The number of aromatic nitrogens is 2. The van der Waals surface area contributed by atoms with E-state index in [1.165, 1.54) is 0 Å². The molecule has 1 atom stereocenters. The van der Waals surface area contributed by atoms with E-state index < -0.39 is 0 Å². The van der Waals surface area contributed by atoms with Crippen molar-refractivity contribution >= 4 is 5.91 Å². The molecule has 0 bridgehead atoms. The molecule has 4 rings (SSSR count). The van der Waals surface area contributed by atoms with Gasteiger partial charge in [0.2, 0.25) is 5.91 Å². The molecule has 1 aliphatic heterocycles. The molecule has 0 saturated heterocycles. The lowest BCUT2D eigenvalue weighted by Crippen LogP contribution is -2.43. The number of carbonyl (C=O) groups is 1. The average Bonchev–Trinajstić information content (AvgIpc) is 3.11. The summed E-state index contributed by atoms with van der Waals surface area (Å²) in [5.74, 6) is 0.880. The topological polar surface area (TPSA) is 46.9 Å². The van der Waals surface area contributed by atoms with Gasteiger partial charge in [0.05, 0.1) is 5.92 Å². The standard InChI is InChI=1S/C21H21N3O/c25-21(23-18-11-12-19-22-13-14-24(19)15-18)20(16-7-3-1-4-8-16)17-9-5-2-6-10-17/h1-10,13-14,18,20H,11-12,15H2,(H,23,25)/t18-/m0/s1. The Hall–Kier alpha value is -2.88. The van der Waals surface area contributed by atoms with Gasteiger partial charge in [-0.15, -0.1) is 0 Å². The first-order chi connectivity index (χ1) is 12.3. The lowest BCUT2D eigenvalue weighted by Gasteiger charge is -2.27. The third-order valence-corrected chi connectivity index (χ3v) is 4.81. The number of hydrogen-bond acceptors (Lipinski definition) is 2. The Labute approximate surface area is 147 Å². The molecule has 1 aliphatic rings. The molecule has 0 saturated carbocycles. The Kier molecular flexibility index (Phi) is 4.34. The van der Waals surface area contributed by atoms with Crippen molar-refractivity contribution in [2.24, 2.45) is 0 Å². The van der Waals surface area contributed by atoms with Crippen LogP contribution in [0.3, 0.4) is 0 Å². The summed E-state index contributed by atoms with van der Waals surface area (Å²) in [4.78, 5) is 17.5. The van der Waals surface area contributed by atoms with Crippen LogP contribution in [0.2, 0.25) is 0 Å². The summed E-state index contributed by atoms with van der Waals surface area (Å²) in [5, 5.41) is 3.26. The van der Waals surface area contributed by atoms with E-state index in [1.807, 2.05) is 73.1 Å². The van der Waals surface area contributed by atoms with Crippen LogP contribution in [0.1, 0.15) is 29.3 Å². The molecule has 0 unspecified atom stereocenters. The maximum absolute atomic E-state index is 13.1. The van der Waals surface area contributed by atoms with Crippen molar-refractivity contribution in [3.05, 3.63) is 90.0 Å². The van der Waals surface area contributed by atoms with Crippen molar-refractivity contribution in [3.8, 4) is 0 Å². The zero-order valence-corrected chi connectivity index (χ0v) is 14.0. The van der Waals surface area contributed by atoms with Crippen molar-refractivity contribution in [1.82, 2.24) is 14.9 Å². The van der Waals surface area contributed by atoms with Gasteiger partial charge in [0.1, 0.15) is 5.82 Å². The number of nitrogens with one attached hydrogen (secondary N) is 1. The van der Waals surface area contributed by atoms with E-state index in [1.54, 1.807) is 0 Å². The minimum absolute atomic E-state index is 0.0611. The van der Waals surface area contributed by atoms with Crippen LogP contribution in [0, 0.1) is 0 Å². The second-order valence-electron chi connectivity index (χ2n) is 6.49. The van der Waals surface area contributed by atoms with Gasteiger partial charge in [-0.25, -0.2) is 4.98 Å². The Bertz CT molecular complexity index is 802. The molecule has 25 heavy (non-hydrogen) atoms. The molecule has 0 aliphatic carbocycles. The third kappa shape index (κ3) is 3.33. The number of amides is 1. The summed E-state index contributed by atoms with van der Waals surface area (Å²) >= 11 is 0. The number of rotatable bonds is 4. The Morgan fingerprint density at radius 2 is 1.68 bits per heavy atom. The number of imidazole rings is 1. The molecule has 126 valence electrons. The summed E-state index contributed by atoms with van der Waals surface area (Å²) in [6, 6.07) is 20.1. The van der Waals surface area contributed by atoms with E-state index in [-0.39, 0.29) is 17.9 Å². The summed E-state index contributed by atoms with van der Waals surface area (Å²) in [7, 11) is 0. The summed E-state index contributed by atoms with van der Waals surface area (Å²) in [6.07, 6.45) is 5.65. The number of benzene rings is 2. The van der Waals surface area contributed by atoms with E-state index in [0.717, 1.165) is 36.3 Å². The second-order valence-corrected chi connectivity index (χ2v) is 6.49. The number of carbonyl (C=O) groups excluding carboxylic acids is 1. The zero-order chi connectivity index (χ0) is 17.1. The lowest BCUT2D eigenvalue weighted by atomic mass is 9.90. The van der Waals surface area contributed by atoms with Gasteiger partial charge >= 0.3 is 0 Å². The van der Waals surface area contributed by atoms with E-state index in [9.17, 15) is 4.79 Å². The lowest BCUT2D eigenvalue weighted by molar-refractivity contribution is -0.122. The molecule has 0 radical (unpaired) electrons. The monoisotopic (exact) mass is 331 g/mol. The first-order valence-electron chi connectivity index (χ1n) is 8.71. The number of fused-ring (bicyclic) bond motifs is 1. The van der Waals surface area contributed by atoms with Gasteiger partial charge in [-0.3, -0.25) is 4.79 Å². The maximum Gasteiger partial charge on any atom is 0.232 e. The first kappa shape index (κ1) is 15.6. The highest BCUT2D eigenvalue weighted by atomic mass is 16.2. The van der Waals surface area contributed by atoms with Gasteiger partial charge in [0, 0.05) is 31.4 Å². The zero-order valence-electron chi connectivity index (χ0n) is 14.0. The van der Waals surface area contributed by atoms with Crippen LogP contribution in [0.25, 0.3) is 0 Å². The van der Waals surface area contributed by atoms with Gasteiger partial charge in [-0.2, -0.15) is 0 Å². The van der Waals surface area contributed by atoms with Crippen LogP contribution in [-0.2, 0) is 17.8 Å². The van der Waals surface area contributed by atoms with Crippen molar-refractivity contribution < 1.29 is 4.79 Å². The molecule has 4 nitrogen and oxygen atoms in total. The van der Waals surface area contributed by atoms with Gasteiger partial charge < -0.3 is 9.88 Å². The van der Waals surface area contributed by atoms with Crippen LogP contribution < -0.4 is 5.32 Å². The summed E-state index contributed by atoms with van der Waals surface area (Å²) in [5.41, 5.74) is 2.04. The number of hydrogen-bond donors (Lipinski definition) is 1. The molecular weight excluding hydrogens is 310 g/mol. The van der Waals surface area contributed by atoms with E-state index in [0.29, 0.717) is 0 Å². The largest absolute Gasteiger partial charge is 0.351 e. The maximum atomic E-state index is 13.1.